The van der Waals surface area contributed by atoms with Crippen molar-refractivity contribution in [2.24, 2.45) is 5.16 Å². The summed E-state index contributed by atoms with van der Waals surface area (Å²) in [5, 5.41) is 14.0. The highest BCUT2D eigenvalue weighted by Crippen LogP contribution is 2.12. The number of oxime groups is 1. The minimum Gasteiger partial charge on any atom is -0.476 e. The molecular formula is C7H9N3O3S. The topological polar surface area (TPSA) is 97.8 Å². The highest BCUT2D eigenvalue weighted by Gasteiger charge is 2.16. The molecule has 3 N–H and O–H groups in total. The van der Waals surface area contributed by atoms with Crippen LogP contribution in [-0.2, 0) is 9.63 Å². The fourth-order valence-corrected chi connectivity index (χ4v) is 1.27. The second-order valence-corrected chi connectivity index (χ2v) is 3.12. The summed E-state index contributed by atoms with van der Waals surface area (Å²) in [6.07, 6.45) is 0. The molecule has 0 saturated heterocycles. The third-order valence-corrected chi connectivity index (χ3v) is 1.93. The zero-order chi connectivity index (χ0) is 10.6. The molecule has 0 aliphatic carbocycles. The largest absolute Gasteiger partial charge is 0.476 e. The van der Waals surface area contributed by atoms with Crippen LogP contribution in [0.1, 0.15) is 12.6 Å². The first-order valence-corrected chi connectivity index (χ1v) is 4.67. The fourth-order valence-electron chi connectivity index (χ4n) is 0.721. The maximum absolute atomic E-state index is 10.7. The molecule has 0 fully saturated rings. The first-order valence-electron chi connectivity index (χ1n) is 3.79. The van der Waals surface area contributed by atoms with Crippen molar-refractivity contribution >= 4 is 28.1 Å². The maximum atomic E-state index is 10.7. The van der Waals surface area contributed by atoms with Crippen LogP contribution in [0.15, 0.2) is 10.5 Å². The van der Waals surface area contributed by atoms with Gasteiger partial charge in [-0.05, 0) is 6.92 Å². The SMILES string of the molecule is CCON=C(C(=O)O)c1csc(N)n1. The van der Waals surface area contributed by atoms with Crippen LogP contribution in [0.5, 0.6) is 0 Å². The maximum Gasteiger partial charge on any atom is 0.360 e. The molecule has 0 radical (unpaired) electrons. The lowest BCUT2D eigenvalue weighted by Gasteiger charge is -1.96. The number of aliphatic carboxylic acids is 1. The van der Waals surface area contributed by atoms with E-state index in [0.29, 0.717) is 11.7 Å². The molecule has 6 nitrogen and oxygen atoms in total. The third kappa shape index (κ3) is 2.43. The number of rotatable bonds is 4. The number of carboxylic acid groups (broad SMARTS) is 1. The number of carbonyl (C=O) groups is 1. The molecule has 0 spiro atoms. The molecule has 14 heavy (non-hydrogen) atoms. The molecule has 0 aliphatic heterocycles. The molecule has 0 unspecified atom stereocenters. The molecule has 7 heteroatoms. The summed E-state index contributed by atoms with van der Waals surface area (Å²) in [7, 11) is 0. The average Bonchev–Trinajstić information content (AvgIpc) is 2.52. The lowest BCUT2D eigenvalue weighted by atomic mass is 10.3. The smallest absolute Gasteiger partial charge is 0.360 e. The minimum absolute atomic E-state index is 0.216. The van der Waals surface area contributed by atoms with E-state index in [9.17, 15) is 4.79 Å². The zero-order valence-electron chi connectivity index (χ0n) is 7.43. The first kappa shape index (κ1) is 10.5. The van der Waals surface area contributed by atoms with Crippen LogP contribution in [0.4, 0.5) is 5.13 Å². The number of hydrogen-bond donors (Lipinski definition) is 2. The number of thiazole rings is 1. The van der Waals surface area contributed by atoms with Gasteiger partial charge in [0.2, 0.25) is 5.71 Å². The van der Waals surface area contributed by atoms with Crippen LogP contribution in [0.3, 0.4) is 0 Å². The van der Waals surface area contributed by atoms with Crippen molar-refractivity contribution in [2.45, 2.75) is 6.92 Å². The summed E-state index contributed by atoms with van der Waals surface area (Å²) in [6.45, 7) is 2.01. The van der Waals surface area contributed by atoms with Crippen LogP contribution in [0, 0.1) is 0 Å². The highest BCUT2D eigenvalue weighted by atomic mass is 32.1. The van der Waals surface area contributed by atoms with Gasteiger partial charge in [-0.2, -0.15) is 0 Å². The molecule has 1 aromatic heterocycles. The zero-order valence-corrected chi connectivity index (χ0v) is 8.24. The molecule has 0 atom stereocenters. The minimum atomic E-state index is -1.19. The first-order chi connectivity index (χ1) is 6.65. The molecule has 0 aliphatic rings. The highest BCUT2D eigenvalue weighted by molar-refractivity contribution is 7.13. The van der Waals surface area contributed by atoms with Gasteiger partial charge in [0.05, 0.1) is 0 Å². The van der Waals surface area contributed by atoms with E-state index in [0.717, 1.165) is 11.3 Å². The average molecular weight is 215 g/mol. The predicted molar refractivity (Wildman–Crippen MR) is 52.3 cm³/mol. The second-order valence-electron chi connectivity index (χ2n) is 2.23. The van der Waals surface area contributed by atoms with Gasteiger partial charge in [-0.1, -0.05) is 5.16 Å². The number of hydrogen-bond acceptors (Lipinski definition) is 6. The second kappa shape index (κ2) is 4.56. The normalized spacial score (nSPS) is 11.4. The van der Waals surface area contributed by atoms with Gasteiger partial charge in [-0.15, -0.1) is 11.3 Å². The van der Waals surface area contributed by atoms with E-state index in [1.165, 1.54) is 5.38 Å². The lowest BCUT2D eigenvalue weighted by Crippen LogP contribution is -2.15. The van der Waals surface area contributed by atoms with E-state index in [1.807, 2.05) is 0 Å². The third-order valence-electron chi connectivity index (χ3n) is 1.25. The van der Waals surface area contributed by atoms with E-state index in [4.69, 9.17) is 10.8 Å². The Bertz CT molecular complexity index is 361. The summed E-state index contributed by atoms with van der Waals surface area (Å²) in [5.41, 5.74) is 5.34. The van der Waals surface area contributed by atoms with E-state index in [-0.39, 0.29) is 11.4 Å². The van der Waals surface area contributed by atoms with Gasteiger partial charge >= 0.3 is 5.97 Å². The summed E-state index contributed by atoms with van der Waals surface area (Å²) in [5.74, 6) is -1.19. The van der Waals surface area contributed by atoms with Crippen molar-refractivity contribution in [3.63, 3.8) is 0 Å². The molecule has 76 valence electrons. The number of nitrogens with zero attached hydrogens (tertiary/aromatic N) is 2. The summed E-state index contributed by atoms with van der Waals surface area (Å²) < 4.78 is 0. The van der Waals surface area contributed by atoms with Crippen molar-refractivity contribution in [2.75, 3.05) is 12.3 Å². The van der Waals surface area contributed by atoms with Gasteiger partial charge in [-0.3, -0.25) is 0 Å². The van der Waals surface area contributed by atoms with E-state index < -0.39 is 5.97 Å². The standard InChI is InChI=1S/C7H9N3O3S/c1-2-13-10-5(6(11)12)4-3-14-7(8)9-4/h3H,2H2,1H3,(H2,8,9)(H,11,12). The van der Waals surface area contributed by atoms with Crippen LogP contribution in [0.2, 0.25) is 0 Å². The van der Waals surface area contributed by atoms with Crippen LogP contribution >= 0.6 is 11.3 Å². The number of aromatic nitrogens is 1. The molecule has 1 heterocycles. The Morgan fingerprint density at radius 1 is 1.86 bits per heavy atom. The predicted octanol–water partition coefficient (Wildman–Crippen LogP) is 0.550. The van der Waals surface area contributed by atoms with Gasteiger partial charge in [0.15, 0.2) is 5.13 Å². The Kier molecular flexibility index (Phi) is 3.41. The molecule has 1 rings (SSSR count). The van der Waals surface area contributed by atoms with E-state index in [1.54, 1.807) is 6.92 Å². The summed E-state index contributed by atoms with van der Waals surface area (Å²) in [6, 6.07) is 0. The van der Waals surface area contributed by atoms with Crippen molar-refractivity contribution in [3.05, 3.63) is 11.1 Å². The molecule has 0 amide bonds. The summed E-state index contributed by atoms with van der Waals surface area (Å²) >= 11 is 1.15. The Hall–Kier alpha value is -1.63. The Labute approximate surface area is 84.0 Å². The fraction of sp³-hybridized carbons (Fsp3) is 0.286. The number of nitrogen functional groups attached to an aromatic ring is 1. The molecule has 1 aromatic rings. The van der Waals surface area contributed by atoms with Gasteiger partial charge in [0, 0.05) is 5.38 Å². The van der Waals surface area contributed by atoms with Crippen LogP contribution in [-0.4, -0.2) is 28.4 Å². The monoisotopic (exact) mass is 215 g/mol. The van der Waals surface area contributed by atoms with Gasteiger partial charge in [0.1, 0.15) is 12.3 Å². The van der Waals surface area contributed by atoms with Crippen molar-refractivity contribution in [3.8, 4) is 0 Å². The van der Waals surface area contributed by atoms with Crippen molar-refractivity contribution in [1.82, 2.24) is 4.98 Å². The van der Waals surface area contributed by atoms with Gasteiger partial charge in [0.25, 0.3) is 0 Å². The Morgan fingerprint density at radius 2 is 2.57 bits per heavy atom. The van der Waals surface area contributed by atoms with Crippen LogP contribution in [0.25, 0.3) is 0 Å². The van der Waals surface area contributed by atoms with Crippen LogP contribution < -0.4 is 5.73 Å². The molecule has 0 aromatic carbocycles. The number of carboxylic acids is 1. The van der Waals surface area contributed by atoms with Crippen molar-refractivity contribution < 1.29 is 14.7 Å². The quantitative estimate of drug-likeness (QED) is 0.564. The molecular weight excluding hydrogens is 206 g/mol. The van der Waals surface area contributed by atoms with Gasteiger partial charge < -0.3 is 15.7 Å². The van der Waals surface area contributed by atoms with Crippen molar-refractivity contribution in [1.29, 1.82) is 0 Å². The molecule has 0 saturated carbocycles. The van der Waals surface area contributed by atoms with E-state index in [2.05, 4.69) is 15.0 Å². The summed E-state index contributed by atoms with van der Waals surface area (Å²) in [4.78, 5) is 19.2. The van der Waals surface area contributed by atoms with E-state index >= 15 is 0 Å². The molecule has 0 bridgehead atoms. The lowest BCUT2D eigenvalue weighted by molar-refractivity contribution is -0.129. The number of anilines is 1. The Morgan fingerprint density at radius 3 is 3.00 bits per heavy atom. The number of nitrogens with two attached hydrogens (primary N) is 1. The Balaban J connectivity index is 2.94. The van der Waals surface area contributed by atoms with Gasteiger partial charge in [-0.25, -0.2) is 9.78 Å².